The van der Waals surface area contributed by atoms with Crippen LogP contribution in [0.15, 0.2) is 30.5 Å². The lowest BCUT2D eigenvalue weighted by molar-refractivity contribution is 0.334. The lowest BCUT2D eigenvalue weighted by Crippen LogP contribution is -2.34. The highest BCUT2D eigenvalue weighted by molar-refractivity contribution is 7.88. The van der Waals surface area contributed by atoms with Crippen LogP contribution in [0.1, 0.15) is 35.7 Å². The fourth-order valence-electron chi connectivity index (χ4n) is 3.33. The van der Waals surface area contributed by atoms with Gasteiger partial charge in [0.2, 0.25) is 10.0 Å². The van der Waals surface area contributed by atoms with E-state index >= 15 is 0 Å². The predicted molar refractivity (Wildman–Crippen MR) is 92.3 cm³/mol. The van der Waals surface area contributed by atoms with Crippen LogP contribution in [0, 0.1) is 0 Å². The van der Waals surface area contributed by atoms with E-state index in [4.69, 9.17) is 4.74 Å². The van der Waals surface area contributed by atoms with Crippen LogP contribution in [-0.4, -0.2) is 36.7 Å². The Kier molecular flexibility index (Phi) is 4.64. The van der Waals surface area contributed by atoms with E-state index in [1.54, 1.807) is 26.4 Å². The van der Waals surface area contributed by atoms with Gasteiger partial charge < -0.3 is 4.74 Å². The third-order valence-electron chi connectivity index (χ3n) is 4.70. The second-order valence-corrected chi connectivity index (χ2v) is 8.23. The van der Waals surface area contributed by atoms with Crippen molar-refractivity contribution in [3.8, 4) is 5.75 Å². The SMILES string of the molecule is COc1cccc(CS(=O)(=O)N(C)C2CCCc3c2cnn3C)c1. The lowest BCUT2D eigenvalue weighted by Gasteiger charge is -2.30. The van der Waals surface area contributed by atoms with E-state index in [9.17, 15) is 8.42 Å². The molecule has 0 N–H and O–H groups in total. The Morgan fingerprint density at radius 2 is 2.21 bits per heavy atom. The molecule has 130 valence electrons. The lowest BCUT2D eigenvalue weighted by atomic mass is 9.93. The van der Waals surface area contributed by atoms with Crippen molar-refractivity contribution >= 4 is 10.0 Å². The number of aromatic nitrogens is 2. The van der Waals surface area contributed by atoms with Gasteiger partial charge in [0.15, 0.2) is 0 Å². The number of rotatable bonds is 5. The molecule has 0 spiro atoms. The molecule has 6 nitrogen and oxygen atoms in total. The summed E-state index contributed by atoms with van der Waals surface area (Å²) in [7, 11) is 1.72. The summed E-state index contributed by atoms with van der Waals surface area (Å²) in [6, 6.07) is 7.05. The Labute approximate surface area is 143 Å². The van der Waals surface area contributed by atoms with E-state index in [0.717, 1.165) is 36.1 Å². The molecular weight excluding hydrogens is 326 g/mol. The summed E-state index contributed by atoms with van der Waals surface area (Å²) in [5.41, 5.74) is 2.89. The molecule has 1 unspecified atom stereocenters. The van der Waals surface area contributed by atoms with Gasteiger partial charge in [-0.3, -0.25) is 4.68 Å². The van der Waals surface area contributed by atoms with Crippen molar-refractivity contribution < 1.29 is 13.2 Å². The predicted octanol–water partition coefficient (Wildman–Crippen LogP) is 2.27. The van der Waals surface area contributed by atoms with Crippen molar-refractivity contribution in [3.05, 3.63) is 47.3 Å². The number of aryl methyl sites for hydroxylation is 1. The minimum absolute atomic E-state index is 0.0349. The van der Waals surface area contributed by atoms with Gasteiger partial charge >= 0.3 is 0 Å². The average Bonchev–Trinajstić information content (AvgIpc) is 2.95. The quantitative estimate of drug-likeness (QED) is 0.831. The molecule has 1 atom stereocenters. The van der Waals surface area contributed by atoms with Gasteiger partial charge in [0, 0.05) is 25.4 Å². The van der Waals surface area contributed by atoms with Gasteiger partial charge in [0.05, 0.1) is 25.1 Å². The van der Waals surface area contributed by atoms with Crippen LogP contribution >= 0.6 is 0 Å². The smallest absolute Gasteiger partial charge is 0.218 e. The average molecular weight is 349 g/mol. The van der Waals surface area contributed by atoms with Gasteiger partial charge in [0.25, 0.3) is 0 Å². The number of hydrogen-bond acceptors (Lipinski definition) is 4. The molecular formula is C17H23N3O3S. The van der Waals surface area contributed by atoms with E-state index in [1.807, 2.05) is 29.9 Å². The largest absolute Gasteiger partial charge is 0.497 e. The molecule has 0 saturated heterocycles. The van der Waals surface area contributed by atoms with Crippen LogP contribution in [0.3, 0.4) is 0 Å². The van der Waals surface area contributed by atoms with Gasteiger partial charge in [0.1, 0.15) is 5.75 Å². The van der Waals surface area contributed by atoms with Crippen LogP contribution in [0.4, 0.5) is 0 Å². The molecule has 7 heteroatoms. The van der Waals surface area contributed by atoms with Crippen LogP contribution < -0.4 is 4.74 Å². The molecule has 0 fully saturated rings. The van der Waals surface area contributed by atoms with Crippen molar-refractivity contribution in [1.29, 1.82) is 0 Å². The maximum Gasteiger partial charge on any atom is 0.218 e. The fraction of sp³-hybridized carbons (Fsp3) is 0.471. The highest BCUT2D eigenvalue weighted by atomic mass is 32.2. The maximum absolute atomic E-state index is 12.9. The number of fused-ring (bicyclic) bond motifs is 1. The van der Waals surface area contributed by atoms with Crippen LogP contribution in [0.2, 0.25) is 0 Å². The molecule has 1 aliphatic carbocycles. The number of methoxy groups -OCH3 is 1. The van der Waals surface area contributed by atoms with Crippen molar-refractivity contribution in [2.75, 3.05) is 14.2 Å². The Morgan fingerprint density at radius 3 is 2.96 bits per heavy atom. The summed E-state index contributed by atoms with van der Waals surface area (Å²) in [6.07, 6.45) is 4.55. The van der Waals surface area contributed by atoms with Crippen molar-refractivity contribution in [1.82, 2.24) is 14.1 Å². The molecule has 0 amide bonds. The van der Waals surface area contributed by atoms with Gasteiger partial charge in [-0.1, -0.05) is 12.1 Å². The summed E-state index contributed by atoms with van der Waals surface area (Å²) in [5.74, 6) is 0.629. The van der Waals surface area contributed by atoms with Gasteiger partial charge in [-0.15, -0.1) is 0 Å². The van der Waals surface area contributed by atoms with Crippen LogP contribution in [0.5, 0.6) is 5.75 Å². The van der Waals surface area contributed by atoms with Crippen molar-refractivity contribution in [2.24, 2.45) is 7.05 Å². The number of ether oxygens (including phenoxy) is 1. The van der Waals surface area contributed by atoms with Crippen molar-refractivity contribution in [3.63, 3.8) is 0 Å². The highest BCUT2D eigenvalue weighted by Crippen LogP contribution is 2.35. The van der Waals surface area contributed by atoms with Gasteiger partial charge in [-0.05, 0) is 37.0 Å². The Bertz CT molecular complexity index is 829. The number of sulfonamides is 1. The minimum atomic E-state index is -3.43. The summed E-state index contributed by atoms with van der Waals surface area (Å²) >= 11 is 0. The molecule has 2 aromatic rings. The number of benzene rings is 1. The van der Waals surface area contributed by atoms with E-state index in [1.165, 1.54) is 4.31 Å². The second-order valence-electron chi connectivity index (χ2n) is 6.20. The Balaban J connectivity index is 1.84. The van der Waals surface area contributed by atoms with E-state index in [0.29, 0.717) is 5.75 Å². The zero-order valence-electron chi connectivity index (χ0n) is 14.3. The van der Waals surface area contributed by atoms with Gasteiger partial charge in [-0.25, -0.2) is 8.42 Å². The Hall–Kier alpha value is -1.86. The monoisotopic (exact) mass is 349 g/mol. The third-order valence-corrected chi connectivity index (χ3v) is 6.54. The molecule has 3 rings (SSSR count). The topological polar surface area (TPSA) is 64.4 Å². The normalized spacial score (nSPS) is 17.8. The summed E-state index contributed by atoms with van der Waals surface area (Å²) < 4.78 is 34.3. The fourth-order valence-corrected chi connectivity index (χ4v) is 4.74. The first-order valence-corrected chi connectivity index (χ1v) is 9.62. The molecule has 1 aromatic heterocycles. The second kappa shape index (κ2) is 6.57. The molecule has 0 aliphatic heterocycles. The minimum Gasteiger partial charge on any atom is -0.497 e. The van der Waals surface area contributed by atoms with Crippen LogP contribution in [0.25, 0.3) is 0 Å². The van der Waals surface area contributed by atoms with E-state index in [-0.39, 0.29) is 11.8 Å². The van der Waals surface area contributed by atoms with E-state index in [2.05, 4.69) is 5.10 Å². The standard InChI is InChI=1S/C17H23N3O3S/c1-19-16-8-5-9-17(15(16)11-18-19)20(2)24(21,22)12-13-6-4-7-14(10-13)23-3/h4,6-7,10-11,17H,5,8-9,12H2,1-3H3. The number of hydrogen-bond donors (Lipinski definition) is 0. The molecule has 1 aliphatic rings. The molecule has 0 saturated carbocycles. The molecule has 24 heavy (non-hydrogen) atoms. The first-order valence-electron chi connectivity index (χ1n) is 8.02. The summed E-state index contributed by atoms with van der Waals surface area (Å²) in [4.78, 5) is 0. The van der Waals surface area contributed by atoms with Gasteiger partial charge in [-0.2, -0.15) is 9.40 Å². The highest BCUT2D eigenvalue weighted by Gasteiger charge is 2.32. The maximum atomic E-state index is 12.9. The molecule has 0 bridgehead atoms. The van der Waals surface area contributed by atoms with Crippen molar-refractivity contribution in [2.45, 2.75) is 31.1 Å². The third kappa shape index (κ3) is 3.18. The molecule has 1 aromatic carbocycles. The summed E-state index contributed by atoms with van der Waals surface area (Å²) in [6.45, 7) is 0. The molecule has 1 heterocycles. The zero-order valence-corrected chi connectivity index (χ0v) is 15.1. The summed E-state index contributed by atoms with van der Waals surface area (Å²) in [5, 5.41) is 4.30. The number of nitrogens with zero attached hydrogens (tertiary/aromatic N) is 3. The zero-order chi connectivity index (χ0) is 17.3. The first kappa shape index (κ1) is 17.0. The van der Waals surface area contributed by atoms with E-state index < -0.39 is 10.0 Å². The van der Waals surface area contributed by atoms with Crippen LogP contribution in [-0.2, 0) is 29.2 Å². The first-order chi connectivity index (χ1) is 11.4. The Morgan fingerprint density at radius 1 is 1.42 bits per heavy atom. The molecule has 0 radical (unpaired) electrons.